The summed E-state index contributed by atoms with van der Waals surface area (Å²) in [5.41, 5.74) is -2.40. The number of Topliss-reactive ketones (excluding diaryl/α,β-unsaturated/α-hetero) is 1. The summed E-state index contributed by atoms with van der Waals surface area (Å²) < 4.78 is 42.6. The van der Waals surface area contributed by atoms with Gasteiger partial charge in [0.15, 0.2) is 23.8 Å². The Kier molecular flexibility index (Phi) is 27.1. The zero-order valence-corrected chi connectivity index (χ0v) is 61.1. The first-order chi connectivity index (χ1) is 50.4. The molecule has 578 valence electrons. The second kappa shape index (κ2) is 35.1. The number of primary amides is 1. The molecule has 8 rings (SSSR count). The lowest BCUT2D eigenvalue weighted by atomic mass is 9.44. The van der Waals surface area contributed by atoms with E-state index in [9.17, 15) is 63.3 Å². The van der Waals surface area contributed by atoms with Gasteiger partial charge in [0.1, 0.15) is 54.7 Å². The van der Waals surface area contributed by atoms with Crippen LogP contribution in [-0.2, 0) is 82.9 Å². The van der Waals surface area contributed by atoms with Crippen molar-refractivity contribution >= 4 is 76.9 Å². The van der Waals surface area contributed by atoms with Gasteiger partial charge in [-0.3, -0.25) is 43.2 Å². The molecule has 107 heavy (non-hydrogen) atoms. The topological polar surface area (TPSA) is 469 Å². The van der Waals surface area contributed by atoms with E-state index in [-0.39, 0.29) is 77.2 Å². The number of carbonyl (C=O) groups excluding carboxylic acids is 12. The SMILES string of the molecule is CC(=O)O[C@H]1C(=O)[C@@]2(C)C(C(OC(=O)c3ccccc3)[C@]3(O)C[C@H](OC(=O)C(OC(=O)OCc4ccc(NC(=O)[C@@H](CC(C)C)NC(=O)[C@@H](CC(N)=O)NC(=O)[C@@H](C)NC(=O)[C@@H](C)NC[C@@H](O)CCC(O)O)cc4)[C@@H](NC(=O)c4ccccc4)c4ccccc4)C(C)=C1C3(C)C)[C@]1(OC(C)=O)CO[C@@H]1C[C@@H]2O. The molecule has 16 atom stereocenters. The van der Waals surface area contributed by atoms with Crippen LogP contribution in [0, 0.1) is 22.7 Å². The first-order valence-corrected chi connectivity index (χ1v) is 35.1. The molecule has 31 nitrogen and oxygen atoms in total. The summed E-state index contributed by atoms with van der Waals surface area (Å²) in [6.07, 6.45) is -16.6. The number of hydrogen-bond donors (Lipinski definition) is 12. The molecule has 0 aromatic heterocycles. The molecule has 3 unspecified atom stereocenters. The fourth-order valence-corrected chi connectivity index (χ4v) is 14.4. The van der Waals surface area contributed by atoms with E-state index in [0.717, 1.165) is 13.8 Å². The lowest BCUT2D eigenvalue weighted by Crippen LogP contribution is -2.82. The maximum Gasteiger partial charge on any atom is 0.509 e. The van der Waals surface area contributed by atoms with Crippen LogP contribution in [-0.4, -0.2) is 194 Å². The first kappa shape index (κ1) is 82.6. The van der Waals surface area contributed by atoms with Crippen molar-refractivity contribution in [3.8, 4) is 0 Å². The average Bonchev–Trinajstić information content (AvgIpc) is 0.668. The molecular formula is C76H95N7O24. The van der Waals surface area contributed by atoms with Gasteiger partial charge in [0.25, 0.3) is 5.91 Å². The van der Waals surface area contributed by atoms with Gasteiger partial charge in [-0.25, -0.2) is 14.4 Å². The predicted molar refractivity (Wildman–Crippen MR) is 377 cm³/mol. The Morgan fingerprint density at radius 1 is 0.692 bits per heavy atom. The number of carbonyl (C=O) groups is 12. The van der Waals surface area contributed by atoms with Crippen LogP contribution in [0.2, 0.25) is 0 Å². The minimum Gasteiger partial charge on any atom is -0.455 e. The summed E-state index contributed by atoms with van der Waals surface area (Å²) in [4.78, 5) is 168. The fourth-order valence-electron chi connectivity index (χ4n) is 14.4. The van der Waals surface area contributed by atoms with Crippen molar-refractivity contribution in [2.45, 2.75) is 205 Å². The van der Waals surface area contributed by atoms with E-state index in [1.54, 1.807) is 68.4 Å². The van der Waals surface area contributed by atoms with E-state index in [0.29, 0.717) is 0 Å². The van der Waals surface area contributed by atoms with Gasteiger partial charge in [0.2, 0.25) is 35.6 Å². The second-order valence-electron chi connectivity index (χ2n) is 28.7. The number of benzene rings is 4. The van der Waals surface area contributed by atoms with Crippen LogP contribution in [0.3, 0.4) is 0 Å². The Hall–Kier alpha value is -10.0. The number of nitrogens with one attached hydrogen (secondary N) is 6. The molecule has 1 heterocycles. The summed E-state index contributed by atoms with van der Waals surface area (Å²) in [5.74, 6) is -12.1. The van der Waals surface area contributed by atoms with Gasteiger partial charge in [0.05, 0.1) is 48.2 Å². The highest BCUT2D eigenvalue weighted by atomic mass is 16.7. The van der Waals surface area contributed by atoms with E-state index in [1.807, 2.05) is 0 Å². The summed E-state index contributed by atoms with van der Waals surface area (Å²) in [5, 5.41) is 70.5. The number of amides is 6. The van der Waals surface area contributed by atoms with Crippen molar-refractivity contribution in [3.05, 3.63) is 149 Å². The Morgan fingerprint density at radius 2 is 1.29 bits per heavy atom. The number of rotatable bonds is 31. The number of fused-ring (bicyclic) bond motifs is 5. The highest BCUT2D eigenvalue weighted by Gasteiger charge is 2.78. The Balaban J connectivity index is 1.06. The van der Waals surface area contributed by atoms with Crippen molar-refractivity contribution < 1.29 is 116 Å². The third-order valence-corrected chi connectivity index (χ3v) is 20.2. The molecule has 13 N–H and O–H groups in total. The normalized spacial score (nSPS) is 24.7. The Labute approximate surface area is 617 Å². The molecule has 2 bridgehead atoms. The molecule has 4 aliphatic rings. The number of esters is 4. The largest absolute Gasteiger partial charge is 0.509 e. The number of aliphatic hydroxyl groups is 5. The quantitative estimate of drug-likeness (QED) is 0.0149. The highest BCUT2D eigenvalue weighted by Crippen LogP contribution is 2.64. The van der Waals surface area contributed by atoms with Gasteiger partial charge >= 0.3 is 30.0 Å². The highest BCUT2D eigenvalue weighted by molar-refractivity contribution is 6.01. The standard InChI is InChI=1S/C76H95N7O24/c1-39(2)32-51(82-69(96)52(33-56(77)88)81-66(93)42(5)79-65(92)41(4)78-36-50(86)30-31-57(89)90)68(95)80-49-28-26-45(27-29-49)37-101-72(99)105-61(59(46-20-14-11-15-21-46)83-67(94)47-22-16-12-17-23-47)71(98)104-53-35-76(100)64(106-70(97)48-24-18-13-19-25-48)62-74(10,54(87)34-55-75(62,38-102-55)107-44(7)85)63(91)60(103-43(6)84)58(40(53)3)73(76,8)9/h11-29,39,41-42,50-55,57,59-62,64,78,86-87,89-90,100H,30-38H2,1-10H3,(H2,77,88)(H,79,92)(H,80,95)(H,81,93)(H,82,96)(H,83,94)/t41-,42-,50+,51-,52-,53+,54+,55-,59+,60-,61?,62?,64?,74-,75+,76-/m1/s1. The maximum absolute atomic E-state index is 16.0. The van der Waals surface area contributed by atoms with E-state index in [1.165, 1.54) is 102 Å². The number of ether oxygens (including phenoxy) is 7. The van der Waals surface area contributed by atoms with Gasteiger partial charge in [-0.2, -0.15) is 0 Å². The van der Waals surface area contributed by atoms with Gasteiger partial charge in [-0.05, 0) is 105 Å². The fraction of sp³-hybridized carbons (Fsp3) is 0.500. The number of ketones is 1. The Morgan fingerprint density at radius 3 is 1.86 bits per heavy atom. The number of hydrogen-bond acceptors (Lipinski definition) is 25. The predicted octanol–water partition coefficient (Wildman–Crippen LogP) is 2.86. The van der Waals surface area contributed by atoms with Crippen LogP contribution < -0.4 is 37.6 Å². The molecule has 0 radical (unpaired) electrons. The average molecular weight is 1490 g/mol. The summed E-state index contributed by atoms with van der Waals surface area (Å²) >= 11 is 0. The molecule has 3 fully saturated rings. The zero-order chi connectivity index (χ0) is 78.6. The van der Waals surface area contributed by atoms with Crippen molar-refractivity contribution in [2.24, 2.45) is 28.4 Å². The molecule has 2 saturated carbocycles. The van der Waals surface area contributed by atoms with Crippen LogP contribution in [0.25, 0.3) is 0 Å². The third-order valence-electron chi connectivity index (χ3n) is 20.2. The lowest BCUT2D eigenvalue weighted by Gasteiger charge is -2.67. The van der Waals surface area contributed by atoms with E-state index >= 15 is 9.59 Å². The van der Waals surface area contributed by atoms with Crippen molar-refractivity contribution in [1.29, 1.82) is 0 Å². The minimum atomic E-state index is -2.59. The van der Waals surface area contributed by atoms with E-state index < -0.39 is 204 Å². The van der Waals surface area contributed by atoms with Crippen LogP contribution in [0.1, 0.15) is 146 Å². The molecule has 4 aromatic carbocycles. The number of anilines is 1. The van der Waals surface area contributed by atoms with Crippen LogP contribution >= 0.6 is 0 Å². The summed E-state index contributed by atoms with van der Waals surface area (Å²) in [6.45, 7) is 13.2. The van der Waals surface area contributed by atoms with Gasteiger partial charge in [-0.1, -0.05) is 107 Å². The number of aliphatic hydroxyl groups excluding tert-OH is 3. The van der Waals surface area contributed by atoms with E-state index in [4.69, 9.17) is 49.1 Å². The molecule has 6 amide bonds. The third kappa shape index (κ3) is 19.2. The van der Waals surface area contributed by atoms with Crippen molar-refractivity contribution in [1.82, 2.24) is 26.6 Å². The smallest absolute Gasteiger partial charge is 0.455 e. The molecule has 4 aromatic rings. The van der Waals surface area contributed by atoms with Gasteiger partial charge < -0.3 is 96.3 Å². The Bertz CT molecular complexity index is 3950. The van der Waals surface area contributed by atoms with Gasteiger partial charge in [-0.15, -0.1) is 0 Å². The van der Waals surface area contributed by atoms with Gasteiger partial charge in [0, 0.05) is 56.3 Å². The zero-order valence-electron chi connectivity index (χ0n) is 61.1. The maximum atomic E-state index is 16.0. The molecule has 31 heteroatoms. The number of nitrogens with two attached hydrogens (primary N) is 1. The first-order valence-electron chi connectivity index (χ1n) is 35.1. The van der Waals surface area contributed by atoms with Crippen molar-refractivity contribution in [2.75, 3.05) is 18.5 Å². The molecule has 3 aliphatic carbocycles. The van der Waals surface area contributed by atoms with Crippen LogP contribution in [0.4, 0.5) is 10.5 Å². The summed E-state index contributed by atoms with van der Waals surface area (Å²) in [6, 6.07) is 22.4. The van der Waals surface area contributed by atoms with Crippen LogP contribution in [0.15, 0.2) is 126 Å². The van der Waals surface area contributed by atoms with Crippen LogP contribution in [0.5, 0.6) is 0 Å². The minimum absolute atomic E-state index is 0.0169. The lowest BCUT2D eigenvalue weighted by molar-refractivity contribution is -0.346. The molecule has 0 spiro atoms. The second-order valence-corrected chi connectivity index (χ2v) is 28.7. The molecular weight excluding hydrogens is 1390 g/mol. The molecule has 1 saturated heterocycles. The van der Waals surface area contributed by atoms with Crippen molar-refractivity contribution in [3.63, 3.8) is 0 Å². The van der Waals surface area contributed by atoms with E-state index in [2.05, 4.69) is 31.9 Å². The molecule has 1 aliphatic heterocycles. The monoisotopic (exact) mass is 1490 g/mol. The summed E-state index contributed by atoms with van der Waals surface area (Å²) in [7, 11) is 0.